The van der Waals surface area contributed by atoms with Crippen LogP contribution in [-0.4, -0.2) is 93.3 Å². The van der Waals surface area contributed by atoms with Crippen LogP contribution in [0.2, 0.25) is 0 Å². The number of ether oxygens (including phenoxy) is 1. The Morgan fingerprint density at radius 1 is 1.24 bits per heavy atom. The molecule has 3 unspecified atom stereocenters. The van der Waals surface area contributed by atoms with E-state index in [9.17, 15) is 4.79 Å². The Kier molecular flexibility index (Phi) is 16.9. The highest BCUT2D eigenvalue weighted by molar-refractivity contribution is 14.1. The lowest BCUT2D eigenvalue weighted by molar-refractivity contribution is -0.138. The summed E-state index contributed by atoms with van der Waals surface area (Å²) in [7, 11) is 0.618. The fourth-order valence-corrected chi connectivity index (χ4v) is 7.70. The third kappa shape index (κ3) is 11.3. The van der Waals surface area contributed by atoms with Crippen LogP contribution >= 0.6 is 31.5 Å². The molecule has 1 aliphatic carbocycles. The lowest BCUT2D eigenvalue weighted by Gasteiger charge is -2.43. The molecule has 254 valence electrons. The monoisotopic (exact) mass is 762 g/mol. The lowest BCUT2D eigenvalue weighted by atomic mass is 9.93. The van der Waals surface area contributed by atoms with Gasteiger partial charge in [-0.05, 0) is 47.0 Å². The van der Waals surface area contributed by atoms with Gasteiger partial charge in [-0.3, -0.25) is 19.2 Å². The lowest BCUT2D eigenvalue weighted by Crippen LogP contribution is -2.51. The first kappa shape index (κ1) is 38.0. The summed E-state index contributed by atoms with van der Waals surface area (Å²) in [6, 6.07) is 3.39. The Hall–Kier alpha value is -1.44. The molecule has 3 heterocycles. The first-order valence-corrected chi connectivity index (χ1v) is 18.2. The van der Waals surface area contributed by atoms with Crippen LogP contribution in [0, 0.1) is 11.3 Å². The van der Waals surface area contributed by atoms with Crippen molar-refractivity contribution in [2.45, 2.75) is 116 Å². The van der Waals surface area contributed by atoms with E-state index in [0.29, 0.717) is 54.9 Å². The number of H-pyrrole nitrogens is 1. The van der Waals surface area contributed by atoms with Crippen molar-refractivity contribution in [3.05, 3.63) is 16.7 Å². The number of imidazole rings is 1. The minimum absolute atomic E-state index is 0.0239. The molecule has 2 N–H and O–H groups in total. The largest absolute Gasteiger partial charge is 0.356 e. The number of hydrogen-bond donors (Lipinski definition) is 2. The molecule has 0 amide bonds. The van der Waals surface area contributed by atoms with Gasteiger partial charge in [0.2, 0.25) is 5.95 Å². The molecule has 0 radical (unpaired) electrons. The van der Waals surface area contributed by atoms with Gasteiger partial charge in [-0.15, -0.1) is 0 Å². The number of aromatic nitrogens is 4. The minimum atomic E-state index is -1.03. The number of nitriles is 1. The van der Waals surface area contributed by atoms with Gasteiger partial charge in [0.05, 0.1) is 38.1 Å². The van der Waals surface area contributed by atoms with Crippen molar-refractivity contribution in [1.29, 1.82) is 5.26 Å². The molecule has 2 aromatic rings. The summed E-state index contributed by atoms with van der Waals surface area (Å²) in [4.78, 5) is 26.8. The number of nitrogens with one attached hydrogen (secondary N) is 2. The predicted molar refractivity (Wildman–Crippen MR) is 186 cm³/mol. The molecule has 13 nitrogen and oxygen atoms in total. The van der Waals surface area contributed by atoms with Gasteiger partial charge in [0.15, 0.2) is 11.2 Å². The molecule has 3 atom stereocenters. The predicted octanol–water partition coefficient (Wildman–Crippen LogP) is 6.14. The summed E-state index contributed by atoms with van der Waals surface area (Å²) < 4.78 is 26.7. The fraction of sp³-hybridized carbons (Fsp3) is 0.800. The van der Waals surface area contributed by atoms with E-state index in [4.69, 9.17) is 22.1 Å². The van der Waals surface area contributed by atoms with Crippen molar-refractivity contribution in [1.82, 2.24) is 29.1 Å². The molecule has 1 saturated carbocycles. The molecule has 15 heteroatoms. The minimum Gasteiger partial charge on any atom is -0.356 e. The molecule has 1 aliphatic heterocycles. The van der Waals surface area contributed by atoms with Gasteiger partial charge in [-0.25, -0.2) is 9.65 Å². The van der Waals surface area contributed by atoms with Gasteiger partial charge >= 0.3 is 0 Å². The van der Waals surface area contributed by atoms with E-state index in [1.165, 1.54) is 32.1 Å². The zero-order valence-corrected chi connectivity index (χ0v) is 30.8. The van der Waals surface area contributed by atoms with Crippen molar-refractivity contribution in [2.75, 3.05) is 45.3 Å². The summed E-state index contributed by atoms with van der Waals surface area (Å²) in [5, 5.41) is 11.6. The van der Waals surface area contributed by atoms with E-state index >= 15 is 0 Å². The van der Waals surface area contributed by atoms with Gasteiger partial charge in [0, 0.05) is 44.9 Å². The summed E-state index contributed by atoms with van der Waals surface area (Å²) in [5.41, 5.74) is 0.670. The summed E-state index contributed by atoms with van der Waals surface area (Å²) in [6.07, 6.45) is 10.3. The number of morpholine rings is 1. The van der Waals surface area contributed by atoms with Crippen LogP contribution in [0.25, 0.3) is 11.2 Å². The van der Waals surface area contributed by atoms with E-state index in [1.807, 2.05) is 27.6 Å². The number of unbranched alkanes of at least 4 members (excludes halogenated alkanes) is 1. The first-order chi connectivity index (χ1) is 21.7. The number of halogens is 1. The Bertz CT molecular complexity index is 1230. The zero-order chi connectivity index (χ0) is 32.8. The second-order valence-electron chi connectivity index (χ2n) is 12.0. The Morgan fingerprint density at radius 2 is 1.98 bits per heavy atom. The van der Waals surface area contributed by atoms with E-state index < -0.39 is 8.53 Å². The van der Waals surface area contributed by atoms with E-state index in [2.05, 4.69) is 70.5 Å². The van der Waals surface area contributed by atoms with Gasteiger partial charge in [-0.2, -0.15) is 10.2 Å². The molecule has 2 aromatic heterocycles. The third-order valence-corrected chi connectivity index (χ3v) is 10.3. The maximum atomic E-state index is 12.5. The molecule has 2 fully saturated rings. The molecular weight excluding hydrogens is 710 g/mol. The smallest absolute Gasteiger partial charge is 0.280 e. The normalized spacial score (nSPS) is 20.4. The van der Waals surface area contributed by atoms with Crippen LogP contribution < -0.4 is 10.9 Å². The summed E-state index contributed by atoms with van der Waals surface area (Å²) >= 11 is 1.93. The SMILES string of the molecule is CCCCNc1nc2c(ncn2C2CN(C3CCCCC3)CC(COI)O2)c(=O)[nH]1.COP(OCCC#N)N(C(C)C)C(C)C. The number of hydrogen-bond acceptors (Lipinski definition) is 11. The molecule has 1 saturated heterocycles. The molecule has 2 aliphatic rings. The Labute approximate surface area is 283 Å². The van der Waals surface area contributed by atoms with Crippen LogP contribution in [0.5, 0.6) is 0 Å². The number of rotatable bonds is 15. The van der Waals surface area contributed by atoms with E-state index in [-0.39, 0.29) is 17.9 Å². The topological polar surface area (TPSA) is 143 Å². The average Bonchev–Trinajstić information content (AvgIpc) is 3.46. The van der Waals surface area contributed by atoms with Gasteiger partial charge in [-0.1, -0.05) is 32.6 Å². The second-order valence-corrected chi connectivity index (χ2v) is 14.2. The second kappa shape index (κ2) is 20.0. The van der Waals surface area contributed by atoms with Crippen molar-refractivity contribution in [3.63, 3.8) is 0 Å². The van der Waals surface area contributed by atoms with Gasteiger partial charge < -0.3 is 22.2 Å². The third-order valence-electron chi connectivity index (χ3n) is 7.90. The van der Waals surface area contributed by atoms with Crippen molar-refractivity contribution < 1.29 is 16.9 Å². The van der Waals surface area contributed by atoms with Crippen molar-refractivity contribution >= 4 is 48.6 Å². The van der Waals surface area contributed by atoms with Crippen LogP contribution in [0.15, 0.2) is 11.1 Å². The average molecular weight is 763 g/mol. The number of fused-ring (bicyclic) bond motifs is 1. The molecular formula is C30H52IN8O5P. The summed E-state index contributed by atoms with van der Waals surface area (Å²) in [5.74, 6) is 0.481. The maximum Gasteiger partial charge on any atom is 0.280 e. The van der Waals surface area contributed by atoms with E-state index in [1.54, 1.807) is 13.4 Å². The Morgan fingerprint density at radius 3 is 2.60 bits per heavy atom. The molecule has 0 spiro atoms. The van der Waals surface area contributed by atoms with Gasteiger partial charge in [0.25, 0.3) is 14.1 Å². The van der Waals surface area contributed by atoms with Crippen molar-refractivity contribution in [2.24, 2.45) is 0 Å². The summed E-state index contributed by atoms with van der Waals surface area (Å²) in [6.45, 7) is 14.0. The van der Waals surface area contributed by atoms with E-state index in [0.717, 1.165) is 32.5 Å². The highest BCUT2D eigenvalue weighted by Gasteiger charge is 2.34. The van der Waals surface area contributed by atoms with Crippen molar-refractivity contribution in [3.8, 4) is 6.07 Å². The number of nitrogens with zero attached hydrogens (tertiary/aromatic N) is 6. The molecule has 45 heavy (non-hydrogen) atoms. The Balaban J connectivity index is 0.000000313. The van der Waals surface area contributed by atoms with Crippen LogP contribution in [0.4, 0.5) is 5.95 Å². The van der Waals surface area contributed by atoms with Gasteiger partial charge in [0.1, 0.15) is 29.2 Å². The highest BCUT2D eigenvalue weighted by Crippen LogP contribution is 2.45. The maximum absolute atomic E-state index is 12.5. The van der Waals surface area contributed by atoms with Crippen LogP contribution in [0.1, 0.15) is 92.2 Å². The standard InChI is InChI=1S/C20H31IN6O3.C10H21N2O2P/c1-2-3-9-22-20-24-18-17(19(28)25-20)23-13-27(18)16-11-26(10-15(30-16)12-29-21)14-7-5-4-6-8-14;1-9(2)12(10(3)4)15(13-5)14-8-6-7-11/h13-16H,2-12H2,1H3,(H2,22,24,25,28);9-10H,6,8H2,1-5H3. The first-order valence-electron chi connectivity index (χ1n) is 16.2. The highest BCUT2D eigenvalue weighted by atomic mass is 127. The zero-order valence-electron chi connectivity index (χ0n) is 27.7. The molecule has 0 aromatic carbocycles. The van der Waals surface area contributed by atoms with Crippen LogP contribution in [-0.2, 0) is 16.9 Å². The van der Waals surface area contributed by atoms with Crippen LogP contribution in [0.3, 0.4) is 0 Å². The fourth-order valence-electron chi connectivity index (χ4n) is 5.87. The quantitative estimate of drug-likeness (QED) is 0.123. The molecule has 4 rings (SSSR count). The number of aromatic amines is 1. The number of anilines is 1. The molecule has 0 bridgehead atoms.